The van der Waals surface area contributed by atoms with Crippen molar-refractivity contribution in [3.63, 3.8) is 0 Å². The summed E-state index contributed by atoms with van der Waals surface area (Å²) in [5, 5.41) is 16.1. The number of ether oxygens (including phenoxy) is 3. The molecule has 2 aliphatic rings. The Morgan fingerprint density at radius 3 is 2.30 bits per heavy atom. The number of amides is 2. The fraction of sp³-hybridized carbons (Fsp3) is 0.464. The number of alkyl halides is 2. The van der Waals surface area contributed by atoms with Gasteiger partial charge in [0.05, 0.1) is 18.8 Å². The van der Waals surface area contributed by atoms with E-state index >= 15 is 0 Å². The largest absolute Gasteiger partial charge is 0.459 e. The molecule has 0 spiro atoms. The molecule has 12 heteroatoms. The van der Waals surface area contributed by atoms with E-state index in [2.05, 4.69) is 15.4 Å². The standard InChI is InChI=1S/C28H33F2N3O7/c1-17(31-23(34)15-33-13-21-11-12-22(14-33)39-21)26(36)32-24(27(37)38-16-18-5-3-2-4-6-18)25(35)19-7-9-20(10-8-19)40-28(29)30/h2-10,17,21-22,24-25,28,35H,11-16H2,1H3,(H,31,34)(H,32,36)/t17-,21?,22?,24-,25+/m0/s1. The Bertz CT molecular complexity index is 1140. The van der Waals surface area contributed by atoms with Crippen LogP contribution in [0.25, 0.3) is 0 Å². The highest BCUT2D eigenvalue weighted by Crippen LogP contribution is 2.26. The maximum Gasteiger partial charge on any atom is 0.387 e. The number of benzene rings is 2. The number of nitrogens with zero attached hydrogens (tertiary/aromatic N) is 1. The molecule has 0 aliphatic carbocycles. The zero-order valence-electron chi connectivity index (χ0n) is 22.0. The van der Waals surface area contributed by atoms with Crippen LogP contribution in [0.2, 0.25) is 0 Å². The molecule has 2 heterocycles. The highest BCUT2D eigenvalue weighted by atomic mass is 19.3. The molecule has 0 radical (unpaired) electrons. The summed E-state index contributed by atoms with van der Waals surface area (Å²) in [6.45, 7) is -0.267. The highest BCUT2D eigenvalue weighted by molar-refractivity contribution is 5.91. The van der Waals surface area contributed by atoms with Gasteiger partial charge in [-0.15, -0.1) is 0 Å². The third kappa shape index (κ3) is 8.20. The van der Waals surface area contributed by atoms with Crippen LogP contribution < -0.4 is 15.4 Å². The Balaban J connectivity index is 1.39. The molecular weight excluding hydrogens is 528 g/mol. The minimum absolute atomic E-state index is 0.103. The summed E-state index contributed by atoms with van der Waals surface area (Å²) in [5.41, 5.74) is 0.850. The van der Waals surface area contributed by atoms with Crippen LogP contribution in [0.1, 0.15) is 37.0 Å². The normalized spacial score (nSPS) is 20.8. The summed E-state index contributed by atoms with van der Waals surface area (Å²) in [6.07, 6.45) is 0.584. The van der Waals surface area contributed by atoms with Gasteiger partial charge in [-0.05, 0) is 43.0 Å². The molecular formula is C28H33F2N3O7. The van der Waals surface area contributed by atoms with Gasteiger partial charge in [0.1, 0.15) is 24.5 Å². The van der Waals surface area contributed by atoms with E-state index in [0.29, 0.717) is 18.7 Å². The molecule has 2 aromatic rings. The highest BCUT2D eigenvalue weighted by Gasteiger charge is 2.35. The number of carbonyl (C=O) groups is 3. The first kappa shape index (κ1) is 29.4. The number of hydrogen-bond donors (Lipinski definition) is 3. The van der Waals surface area contributed by atoms with Gasteiger partial charge in [0, 0.05) is 13.1 Å². The summed E-state index contributed by atoms with van der Waals surface area (Å²) in [5.74, 6) is -2.13. The Morgan fingerprint density at radius 2 is 1.68 bits per heavy atom. The lowest BCUT2D eigenvalue weighted by molar-refractivity contribution is -0.153. The molecule has 0 saturated carbocycles. The first-order chi connectivity index (χ1) is 19.2. The van der Waals surface area contributed by atoms with Gasteiger partial charge in [-0.25, -0.2) is 4.79 Å². The quantitative estimate of drug-likeness (QED) is 0.336. The van der Waals surface area contributed by atoms with Gasteiger partial charge in [-0.1, -0.05) is 42.5 Å². The van der Waals surface area contributed by atoms with Crippen LogP contribution in [-0.2, 0) is 30.5 Å². The SMILES string of the molecule is C[C@H](NC(=O)CN1CC2CCC(C1)O2)C(=O)N[C@H](C(=O)OCc1ccccc1)[C@H](O)c1ccc(OC(F)F)cc1. The van der Waals surface area contributed by atoms with Crippen molar-refractivity contribution in [3.05, 3.63) is 65.7 Å². The predicted molar refractivity (Wildman–Crippen MR) is 138 cm³/mol. The number of morpholine rings is 1. The molecule has 2 fully saturated rings. The summed E-state index contributed by atoms with van der Waals surface area (Å²) >= 11 is 0. The number of rotatable bonds is 12. The van der Waals surface area contributed by atoms with E-state index in [1.165, 1.54) is 31.2 Å². The van der Waals surface area contributed by atoms with Crippen LogP contribution in [0.4, 0.5) is 8.78 Å². The summed E-state index contributed by atoms with van der Waals surface area (Å²) < 4.78 is 40.4. The van der Waals surface area contributed by atoms with E-state index in [9.17, 15) is 28.3 Å². The number of halogens is 2. The second-order valence-electron chi connectivity index (χ2n) is 9.91. The molecule has 40 heavy (non-hydrogen) atoms. The van der Waals surface area contributed by atoms with Crippen LogP contribution in [0.5, 0.6) is 5.75 Å². The summed E-state index contributed by atoms with van der Waals surface area (Å²) in [6, 6.07) is 11.3. The van der Waals surface area contributed by atoms with E-state index < -0.39 is 36.7 Å². The minimum Gasteiger partial charge on any atom is -0.459 e. The lowest BCUT2D eigenvalue weighted by Crippen LogP contribution is -2.54. The van der Waals surface area contributed by atoms with Crippen LogP contribution in [0.3, 0.4) is 0 Å². The third-order valence-electron chi connectivity index (χ3n) is 6.80. The molecule has 0 aromatic heterocycles. The van der Waals surface area contributed by atoms with E-state index in [1.54, 1.807) is 30.3 Å². The van der Waals surface area contributed by atoms with E-state index in [-0.39, 0.29) is 42.6 Å². The molecule has 2 unspecified atom stereocenters. The predicted octanol–water partition coefficient (Wildman–Crippen LogP) is 1.92. The number of hydrogen-bond acceptors (Lipinski definition) is 8. The fourth-order valence-corrected chi connectivity index (χ4v) is 4.79. The molecule has 216 valence electrons. The first-order valence-corrected chi connectivity index (χ1v) is 13.1. The van der Waals surface area contributed by atoms with Crippen LogP contribution in [0.15, 0.2) is 54.6 Å². The van der Waals surface area contributed by atoms with E-state index in [4.69, 9.17) is 9.47 Å². The topological polar surface area (TPSA) is 126 Å². The van der Waals surface area contributed by atoms with Gasteiger partial charge < -0.3 is 30.0 Å². The second kappa shape index (κ2) is 13.6. The fourth-order valence-electron chi connectivity index (χ4n) is 4.79. The van der Waals surface area contributed by atoms with Crippen molar-refractivity contribution in [2.24, 2.45) is 0 Å². The van der Waals surface area contributed by atoms with Crippen molar-refractivity contribution in [2.75, 3.05) is 19.6 Å². The maximum atomic E-state index is 13.0. The average Bonchev–Trinajstić information content (AvgIpc) is 3.27. The molecule has 2 saturated heterocycles. The maximum absolute atomic E-state index is 13.0. The zero-order chi connectivity index (χ0) is 28.6. The molecule has 10 nitrogen and oxygen atoms in total. The monoisotopic (exact) mass is 561 g/mol. The Labute approximate surface area is 230 Å². The second-order valence-corrected chi connectivity index (χ2v) is 9.91. The number of aliphatic hydroxyl groups is 1. The zero-order valence-corrected chi connectivity index (χ0v) is 22.0. The van der Waals surface area contributed by atoms with Gasteiger partial charge in [-0.3, -0.25) is 14.5 Å². The number of likely N-dealkylation sites (tertiary alicyclic amines) is 1. The molecule has 2 aromatic carbocycles. The smallest absolute Gasteiger partial charge is 0.387 e. The van der Waals surface area contributed by atoms with Crippen LogP contribution >= 0.6 is 0 Å². The van der Waals surface area contributed by atoms with E-state index in [0.717, 1.165) is 12.8 Å². The number of nitrogens with one attached hydrogen (secondary N) is 2. The average molecular weight is 562 g/mol. The van der Waals surface area contributed by atoms with Gasteiger partial charge in [0.15, 0.2) is 6.04 Å². The first-order valence-electron chi connectivity index (χ1n) is 13.1. The van der Waals surface area contributed by atoms with Crippen molar-refractivity contribution < 1.29 is 42.5 Å². The van der Waals surface area contributed by atoms with Crippen LogP contribution in [-0.4, -0.2) is 78.3 Å². The Morgan fingerprint density at radius 1 is 1.02 bits per heavy atom. The molecule has 2 bridgehead atoms. The third-order valence-corrected chi connectivity index (χ3v) is 6.80. The lowest BCUT2D eigenvalue weighted by atomic mass is 10.0. The van der Waals surface area contributed by atoms with E-state index in [1.807, 2.05) is 4.90 Å². The van der Waals surface area contributed by atoms with Crippen molar-refractivity contribution in [3.8, 4) is 5.75 Å². The molecule has 2 amide bonds. The van der Waals surface area contributed by atoms with Gasteiger partial charge in [-0.2, -0.15) is 8.78 Å². The lowest BCUT2D eigenvalue weighted by Gasteiger charge is -2.31. The summed E-state index contributed by atoms with van der Waals surface area (Å²) in [4.78, 5) is 40.6. The number of carbonyl (C=O) groups excluding carboxylic acids is 3. The van der Waals surface area contributed by atoms with Crippen molar-refractivity contribution in [2.45, 2.75) is 63.4 Å². The van der Waals surface area contributed by atoms with Crippen LogP contribution in [0, 0.1) is 0 Å². The molecule has 4 rings (SSSR count). The van der Waals surface area contributed by atoms with Crippen molar-refractivity contribution in [1.29, 1.82) is 0 Å². The van der Waals surface area contributed by atoms with Gasteiger partial charge >= 0.3 is 12.6 Å². The number of fused-ring (bicyclic) bond motifs is 2. The number of esters is 1. The van der Waals surface area contributed by atoms with Crippen molar-refractivity contribution in [1.82, 2.24) is 15.5 Å². The Hall–Kier alpha value is -3.61. The Kier molecular flexibility index (Phi) is 10.0. The van der Waals surface area contributed by atoms with Gasteiger partial charge in [0.2, 0.25) is 11.8 Å². The van der Waals surface area contributed by atoms with Gasteiger partial charge in [0.25, 0.3) is 0 Å². The summed E-state index contributed by atoms with van der Waals surface area (Å²) in [7, 11) is 0. The molecule has 3 N–H and O–H groups in total. The molecule has 5 atom stereocenters. The minimum atomic E-state index is -3.02. The van der Waals surface area contributed by atoms with Crippen molar-refractivity contribution >= 4 is 17.8 Å². The number of aliphatic hydroxyl groups excluding tert-OH is 1. The molecule has 2 aliphatic heterocycles.